The van der Waals surface area contributed by atoms with Crippen molar-refractivity contribution in [3.8, 4) is 0 Å². The fourth-order valence-corrected chi connectivity index (χ4v) is 4.05. The van der Waals surface area contributed by atoms with E-state index in [-0.39, 0.29) is 11.8 Å². The highest BCUT2D eigenvalue weighted by Crippen LogP contribution is 2.36. The zero-order valence-corrected chi connectivity index (χ0v) is 13.7. The second kappa shape index (κ2) is 5.70. The Morgan fingerprint density at radius 3 is 3.10 bits per heavy atom. The predicted octanol–water partition coefficient (Wildman–Crippen LogP) is 4.88. The molecule has 1 amide bonds. The van der Waals surface area contributed by atoms with Gasteiger partial charge in [0.15, 0.2) is 0 Å². The Morgan fingerprint density at radius 1 is 1.40 bits per heavy atom. The molecule has 0 bridgehead atoms. The van der Waals surface area contributed by atoms with Crippen LogP contribution in [0.25, 0.3) is 0 Å². The second-order valence-corrected chi connectivity index (χ2v) is 7.07. The fraction of sp³-hybridized carbons (Fsp3) is 0.312. The van der Waals surface area contributed by atoms with Crippen LogP contribution in [0, 0.1) is 6.92 Å². The third kappa shape index (κ3) is 2.67. The first-order chi connectivity index (χ1) is 9.65. The zero-order chi connectivity index (χ0) is 14.1. The smallest absolute Gasteiger partial charge is 0.231 e. The number of thiophene rings is 1. The summed E-state index contributed by atoms with van der Waals surface area (Å²) in [5, 5.41) is 5.17. The maximum Gasteiger partial charge on any atom is 0.231 e. The van der Waals surface area contributed by atoms with Crippen molar-refractivity contribution in [3.05, 3.63) is 50.1 Å². The van der Waals surface area contributed by atoms with E-state index < -0.39 is 0 Å². The van der Waals surface area contributed by atoms with Crippen LogP contribution in [0.2, 0.25) is 0 Å². The molecule has 1 aromatic heterocycles. The molecule has 0 aliphatic heterocycles. The molecule has 1 aliphatic rings. The molecule has 0 spiro atoms. The third-order valence-electron chi connectivity index (χ3n) is 3.75. The zero-order valence-electron chi connectivity index (χ0n) is 11.3. The standard InChI is InChI=1S/C16H16BrNOS/c1-10-5-6-13(17)14(9-10)18-16(19)12-3-2-4-15-11(12)7-8-20-15/h5-9,12H,2-4H2,1H3,(H,18,19). The number of carbonyl (C=O) groups is 1. The van der Waals surface area contributed by atoms with Gasteiger partial charge < -0.3 is 5.32 Å². The third-order valence-corrected chi connectivity index (χ3v) is 5.44. The van der Waals surface area contributed by atoms with Gasteiger partial charge >= 0.3 is 0 Å². The summed E-state index contributed by atoms with van der Waals surface area (Å²) in [4.78, 5) is 13.9. The van der Waals surface area contributed by atoms with Crippen LogP contribution in [-0.4, -0.2) is 5.91 Å². The molecule has 1 aromatic carbocycles. The number of nitrogens with one attached hydrogen (secondary N) is 1. The molecule has 1 atom stereocenters. The molecule has 2 aromatic rings. The minimum atomic E-state index is -0.00240. The van der Waals surface area contributed by atoms with Gasteiger partial charge in [0.1, 0.15) is 0 Å². The summed E-state index contributed by atoms with van der Waals surface area (Å²) in [5.41, 5.74) is 3.23. The number of amides is 1. The lowest BCUT2D eigenvalue weighted by Gasteiger charge is -2.22. The van der Waals surface area contributed by atoms with Gasteiger partial charge in [0.25, 0.3) is 0 Å². The van der Waals surface area contributed by atoms with Gasteiger partial charge in [-0.05, 0) is 76.8 Å². The molecule has 20 heavy (non-hydrogen) atoms. The Kier molecular flexibility index (Phi) is 3.94. The average Bonchev–Trinajstić information content (AvgIpc) is 2.91. The molecular weight excluding hydrogens is 334 g/mol. The lowest BCUT2D eigenvalue weighted by molar-refractivity contribution is -0.117. The molecular formula is C16H16BrNOS. The molecule has 0 radical (unpaired) electrons. The minimum absolute atomic E-state index is 0.00240. The van der Waals surface area contributed by atoms with Crippen LogP contribution in [0.1, 0.15) is 34.8 Å². The fourth-order valence-electron chi connectivity index (χ4n) is 2.71. The lowest BCUT2D eigenvalue weighted by Crippen LogP contribution is -2.24. The summed E-state index contributed by atoms with van der Waals surface area (Å²) >= 11 is 5.26. The van der Waals surface area contributed by atoms with Crippen molar-refractivity contribution < 1.29 is 4.79 Å². The van der Waals surface area contributed by atoms with Gasteiger partial charge in [0.05, 0.1) is 11.6 Å². The van der Waals surface area contributed by atoms with E-state index in [9.17, 15) is 4.79 Å². The van der Waals surface area contributed by atoms with Gasteiger partial charge in [0.2, 0.25) is 5.91 Å². The van der Waals surface area contributed by atoms with Crippen molar-refractivity contribution >= 4 is 38.9 Å². The van der Waals surface area contributed by atoms with E-state index in [0.717, 1.165) is 35.0 Å². The largest absolute Gasteiger partial charge is 0.325 e. The normalized spacial score (nSPS) is 17.6. The van der Waals surface area contributed by atoms with Gasteiger partial charge in [-0.1, -0.05) is 6.07 Å². The highest BCUT2D eigenvalue weighted by atomic mass is 79.9. The van der Waals surface area contributed by atoms with E-state index in [1.165, 1.54) is 10.4 Å². The van der Waals surface area contributed by atoms with Gasteiger partial charge in [-0.3, -0.25) is 4.79 Å². The predicted molar refractivity (Wildman–Crippen MR) is 87.5 cm³/mol. The number of anilines is 1. The summed E-state index contributed by atoms with van der Waals surface area (Å²) in [6.45, 7) is 2.03. The Morgan fingerprint density at radius 2 is 2.25 bits per heavy atom. The Hall–Kier alpha value is -1.13. The number of carbonyl (C=O) groups excluding carboxylic acids is 1. The summed E-state index contributed by atoms with van der Waals surface area (Å²) in [7, 11) is 0. The van der Waals surface area contributed by atoms with Crippen LogP contribution < -0.4 is 5.32 Å². The van der Waals surface area contributed by atoms with Crippen molar-refractivity contribution in [2.45, 2.75) is 32.1 Å². The van der Waals surface area contributed by atoms with Crippen molar-refractivity contribution in [1.29, 1.82) is 0 Å². The second-order valence-electron chi connectivity index (χ2n) is 5.22. The number of rotatable bonds is 2. The lowest BCUT2D eigenvalue weighted by atomic mass is 9.87. The molecule has 1 unspecified atom stereocenters. The SMILES string of the molecule is Cc1ccc(Br)c(NC(=O)C2CCCc3sccc32)c1. The van der Waals surface area contributed by atoms with E-state index >= 15 is 0 Å². The van der Waals surface area contributed by atoms with Crippen LogP contribution in [0.15, 0.2) is 34.1 Å². The molecule has 0 saturated heterocycles. The first kappa shape index (κ1) is 13.8. The molecule has 4 heteroatoms. The van der Waals surface area contributed by atoms with Crippen molar-refractivity contribution in [3.63, 3.8) is 0 Å². The molecule has 0 saturated carbocycles. The van der Waals surface area contributed by atoms with E-state index in [4.69, 9.17) is 0 Å². The number of aryl methyl sites for hydroxylation is 2. The van der Waals surface area contributed by atoms with Crippen LogP contribution >= 0.6 is 27.3 Å². The quantitative estimate of drug-likeness (QED) is 0.822. The van der Waals surface area contributed by atoms with Gasteiger partial charge in [-0.2, -0.15) is 0 Å². The van der Waals surface area contributed by atoms with E-state index in [2.05, 4.69) is 32.7 Å². The van der Waals surface area contributed by atoms with Crippen LogP contribution in [0.5, 0.6) is 0 Å². The first-order valence-corrected chi connectivity index (χ1v) is 8.45. The highest BCUT2D eigenvalue weighted by molar-refractivity contribution is 9.10. The molecule has 1 N–H and O–H groups in total. The van der Waals surface area contributed by atoms with E-state index in [1.54, 1.807) is 11.3 Å². The molecule has 1 heterocycles. The number of hydrogen-bond acceptors (Lipinski definition) is 2. The van der Waals surface area contributed by atoms with Gasteiger partial charge in [-0.25, -0.2) is 0 Å². The Labute approximate surface area is 131 Å². The summed E-state index contributed by atoms with van der Waals surface area (Å²) in [6.07, 6.45) is 3.16. The van der Waals surface area contributed by atoms with Crippen molar-refractivity contribution in [2.24, 2.45) is 0 Å². The maximum absolute atomic E-state index is 12.6. The molecule has 2 nitrogen and oxygen atoms in total. The molecule has 0 fully saturated rings. The first-order valence-electron chi connectivity index (χ1n) is 6.78. The monoisotopic (exact) mass is 349 g/mol. The van der Waals surface area contributed by atoms with Crippen LogP contribution in [0.4, 0.5) is 5.69 Å². The Bertz CT molecular complexity index is 650. The number of fused-ring (bicyclic) bond motifs is 1. The molecule has 3 rings (SSSR count). The number of hydrogen-bond donors (Lipinski definition) is 1. The molecule has 104 valence electrons. The van der Waals surface area contributed by atoms with Crippen LogP contribution in [0.3, 0.4) is 0 Å². The maximum atomic E-state index is 12.6. The van der Waals surface area contributed by atoms with E-state index in [1.807, 2.05) is 25.1 Å². The van der Waals surface area contributed by atoms with Crippen molar-refractivity contribution in [2.75, 3.05) is 5.32 Å². The molecule has 1 aliphatic carbocycles. The summed E-state index contributed by atoms with van der Waals surface area (Å²) < 4.78 is 0.929. The highest BCUT2D eigenvalue weighted by Gasteiger charge is 2.27. The number of halogens is 1. The van der Waals surface area contributed by atoms with Gasteiger partial charge in [0, 0.05) is 9.35 Å². The minimum Gasteiger partial charge on any atom is -0.325 e. The van der Waals surface area contributed by atoms with Gasteiger partial charge in [-0.15, -0.1) is 11.3 Å². The average molecular weight is 350 g/mol. The Balaban J connectivity index is 1.83. The van der Waals surface area contributed by atoms with E-state index in [0.29, 0.717) is 0 Å². The number of benzene rings is 1. The summed E-state index contributed by atoms with van der Waals surface area (Å²) in [6, 6.07) is 8.10. The van der Waals surface area contributed by atoms with Crippen molar-refractivity contribution in [1.82, 2.24) is 0 Å². The topological polar surface area (TPSA) is 29.1 Å². The van der Waals surface area contributed by atoms with Crippen LogP contribution in [-0.2, 0) is 11.2 Å². The summed E-state index contributed by atoms with van der Waals surface area (Å²) in [5.74, 6) is 0.105.